The number of amides is 1. The van der Waals surface area contributed by atoms with Crippen molar-refractivity contribution in [2.24, 2.45) is 4.99 Å². The van der Waals surface area contributed by atoms with Gasteiger partial charge in [-0.05, 0) is 66.1 Å². The molecule has 3 aromatic carbocycles. The highest BCUT2D eigenvalue weighted by molar-refractivity contribution is 9.10. The highest BCUT2D eigenvalue weighted by atomic mass is 79.9. The first kappa shape index (κ1) is 29.3. The highest BCUT2D eigenvalue weighted by Gasteiger charge is 2.53. The third-order valence-corrected chi connectivity index (χ3v) is 7.50. The van der Waals surface area contributed by atoms with E-state index in [2.05, 4.69) is 49.6 Å². The molecule has 9 heteroatoms. The number of nitrogens with zero attached hydrogens (tertiary/aromatic N) is 1. The van der Waals surface area contributed by atoms with Crippen molar-refractivity contribution >= 4 is 43.7 Å². The fourth-order valence-electron chi connectivity index (χ4n) is 4.35. The maximum Gasteiger partial charge on any atom is 0.266 e. The lowest BCUT2D eigenvalue weighted by atomic mass is 9.82. The van der Waals surface area contributed by atoms with Crippen LogP contribution in [-0.2, 0) is 16.0 Å². The van der Waals surface area contributed by atoms with Crippen LogP contribution in [-0.4, -0.2) is 42.2 Å². The molecule has 2 atom stereocenters. The van der Waals surface area contributed by atoms with Crippen LogP contribution in [0.15, 0.2) is 86.7 Å². The van der Waals surface area contributed by atoms with Gasteiger partial charge in [-0.25, -0.2) is 10.4 Å². The van der Waals surface area contributed by atoms with Crippen LogP contribution in [0.3, 0.4) is 0 Å². The van der Waals surface area contributed by atoms with Gasteiger partial charge in [0.15, 0.2) is 11.6 Å². The Hall–Kier alpha value is -2.72. The van der Waals surface area contributed by atoms with Crippen molar-refractivity contribution in [3.63, 3.8) is 0 Å². The molecule has 0 saturated heterocycles. The molecule has 0 saturated carbocycles. The molecule has 3 aromatic rings. The topological polar surface area (TPSA) is 92.2 Å². The molecule has 4 rings (SSSR count). The van der Waals surface area contributed by atoms with Crippen molar-refractivity contribution in [1.29, 1.82) is 0 Å². The summed E-state index contributed by atoms with van der Waals surface area (Å²) in [6, 6.07) is 23.1. The number of benzene rings is 3. The standard InChI is InChI=1S/C30H33Br2N3O4/c1-2-3-17-33-35-29(37)30(20-21-5-11-24(31)12-6-21)27(22-7-13-25(32)14-8-22)39-28(34-30)23-9-15-26(16-10-23)38-19-4-18-36/h5-16,27,33,36H,2-4,17-20H2,1H3,(H,35,37)/t27-,30-/m0/s1. The number of halogens is 2. The van der Waals surface area contributed by atoms with Gasteiger partial charge in [0.05, 0.1) is 6.61 Å². The number of aliphatic imine (C=N–C) groups is 1. The van der Waals surface area contributed by atoms with Crippen LogP contribution in [0.25, 0.3) is 0 Å². The summed E-state index contributed by atoms with van der Waals surface area (Å²) >= 11 is 7.01. The number of aliphatic hydroxyl groups is 1. The summed E-state index contributed by atoms with van der Waals surface area (Å²) in [5, 5.41) is 9.01. The minimum Gasteiger partial charge on any atom is -0.494 e. The summed E-state index contributed by atoms with van der Waals surface area (Å²) in [6.07, 6.45) is 2.20. The van der Waals surface area contributed by atoms with Gasteiger partial charge >= 0.3 is 0 Å². The minimum atomic E-state index is -1.26. The van der Waals surface area contributed by atoms with Crippen LogP contribution in [0.2, 0.25) is 0 Å². The predicted octanol–water partition coefficient (Wildman–Crippen LogP) is 5.89. The van der Waals surface area contributed by atoms with E-state index in [1.54, 1.807) is 0 Å². The molecule has 1 heterocycles. The summed E-state index contributed by atoms with van der Waals surface area (Å²) in [5.41, 5.74) is 7.30. The van der Waals surface area contributed by atoms with E-state index in [1.807, 2.05) is 72.8 Å². The number of nitrogens with one attached hydrogen (secondary N) is 2. The fourth-order valence-corrected chi connectivity index (χ4v) is 4.88. The second-order valence-electron chi connectivity index (χ2n) is 9.38. The van der Waals surface area contributed by atoms with Gasteiger partial charge in [0.1, 0.15) is 5.75 Å². The van der Waals surface area contributed by atoms with Crippen LogP contribution in [0, 0.1) is 0 Å². The Morgan fingerprint density at radius 3 is 2.31 bits per heavy atom. The summed E-state index contributed by atoms with van der Waals surface area (Å²) in [5.74, 6) is 0.827. The van der Waals surface area contributed by atoms with Crippen molar-refractivity contribution < 1.29 is 19.4 Å². The van der Waals surface area contributed by atoms with E-state index in [4.69, 9.17) is 19.6 Å². The SMILES string of the molecule is CCCCNNC(=O)[C@@]1(Cc2ccc(Br)cc2)N=C(c2ccc(OCCCO)cc2)O[C@H]1c1ccc(Br)cc1. The van der Waals surface area contributed by atoms with Crippen molar-refractivity contribution in [3.05, 3.63) is 98.4 Å². The summed E-state index contributed by atoms with van der Waals surface area (Å²) < 4.78 is 14.1. The average Bonchev–Trinajstić information content (AvgIpc) is 3.33. The van der Waals surface area contributed by atoms with Gasteiger partial charge in [-0.3, -0.25) is 10.2 Å². The molecular weight excluding hydrogens is 626 g/mol. The molecule has 1 aliphatic heterocycles. The molecule has 1 amide bonds. The Bertz CT molecular complexity index is 1250. The lowest BCUT2D eigenvalue weighted by Crippen LogP contribution is -2.54. The van der Waals surface area contributed by atoms with Gasteiger partial charge in [0.25, 0.3) is 5.91 Å². The van der Waals surface area contributed by atoms with E-state index >= 15 is 0 Å². The number of aliphatic hydroxyl groups excluding tert-OH is 1. The van der Waals surface area contributed by atoms with Crippen molar-refractivity contribution in [2.75, 3.05) is 19.8 Å². The van der Waals surface area contributed by atoms with Crippen LogP contribution in [0.5, 0.6) is 5.75 Å². The second-order valence-corrected chi connectivity index (χ2v) is 11.2. The summed E-state index contributed by atoms with van der Waals surface area (Å²) in [7, 11) is 0. The molecule has 0 spiro atoms. The number of carbonyl (C=O) groups excluding carboxylic acids is 1. The molecule has 39 heavy (non-hydrogen) atoms. The Balaban J connectivity index is 1.73. The fraction of sp³-hybridized carbons (Fsp3) is 0.333. The van der Waals surface area contributed by atoms with Gasteiger partial charge in [-0.1, -0.05) is 69.5 Å². The Kier molecular flexibility index (Phi) is 10.6. The Morgan fingerprint density at radius 1 is 1.00 bits per heavy atom. The van der Waals surface area contributed by atoms with Crippen molar-refractivity contribution in [2.45, 2.75) is 44.2 Å². The second kappa shape index (κ2) is 14.1. The smallest absolute Gasteiger partial charge is 0.266 e. The quantitative estimate of drug-likeness (QED) is 0.157. The molecule has 0 fully saturated rings. The van der Waals surface area contributed by atoms with E-state index < -0.39 is 11.6 Å². The lowest BCUT2D eigenvalue weighted by Gasteiger charge is -2.31. The first-order valence-corrected chi connectivity index (χ1v) is 14.7. The predicted molar refractivity (Wildman–Crippen MR) is 160 cm³/mol. The third kappa shape index (κ3) is 7.48. The van der Waals surface area contributed by atoms with Crippen LogP contribution >= 0.6 is 31.9 Å². The van der Waals surface area contributed by atoms with E-state index in [0.717, 1.165) is 38.5 Å². The van der Waals surface area contributed by atoms with Crippen molar-refractivity contribution in [1.82, 2.24) is 10.9 Å². The monoisotopic (exact) mass is 657 g/mol. The number of carbonyl (C=O) groups is 1. The molecular formula is C30H33Br2N3O4. The number of rotatable bonds is 13. The van der Waals surface area contributed by atoms with E-state index in [9.17, 15) is 4.79 Å². The zero-order chi connectivity index (χ0) is 27.7. The van der Waals surface area contributed by atoms with E-state index in [0.29, 0.717) is 37.6 Å². The molecule has 206 valence electrons. The molecule has 0 aromatic heterocycles. The maximum atomic E-state index is 14.0. The van der Waals surface area contributed by atoms with Crippen LogP contribution in [0.1, 0.15) is 49.0 Å². The summed E-state index contributed by atoms with van der Waals surface area (Å²) in [4.78, 5) is 19.0. The van der Waals surface area contributed by atoms with Gasteiger partial charge < -0.3 is 14.6 Å². The van der Waals surface area contributed by atoms with E-state index in [1.165, 1.54) is 0 Å². The molecule has 0 unspecified atom stereocenters. The van der Waals surface area contributed by atoms with E-state index in [-0.39, 0.29) is 12.5 Å². The van der Waals surface area contributed by atoms with Gasteiger partial charge in [0, 0.05) is 40.5 Å². The third-order valence-electron chi connectivity index (χ3n) is 6.45. The Morgan fingerprint density at radius 2 is 1.67 bits per heavy atom. The maximum absolute atomic E-state index is 14.0. The van der Waals surface area contributed by atoms with Crippen LogP contribution < -0.4 is 15.6 Å². The first-order valence-electron chi connectivity index (χ1n) is 13.1. The Labute approximate surface area is 246 Å². The molecule has 7 nitrogen and oxygen atoms in total. The number of unbranched alkanes of at least 4 members (excludes halogenated alkanes) is 1. The minimum absolute atomic E-state index is 0.0794. The zero-order valence-electron chi connectivity index (χ0n) is 21.8. The highest BCUT2D eigenvalue weighted by Crippen LogP contribution is 2.42. The van der Waals surface area contributed by atoms with Crippen LogP contribution in [0.4, 0.5) is 0 Å². The molecule has 1 aliphatic rings. The number of hydrazine groups is 1. The largest absolute Gasteiger partial charge is 0.494 e. The number of hydrogen-bond acceptors (Lipinski definition) is 6. The lowest BCUT2D eigenvalue weighted by molar-refractivity contribution is -0.130. The molecule has 0 aliphatic carbocycles. The van der Waals surface area contributed by atoms with Gasteiger partial charge in [-0.2, -0.15) is 0 Å². The first-order chi connectivity index (χ1) is 18.9. The molecule has 0 bridgehead atoms. The van der Waals surface area contributed by atoms with Gasteiger partial charge in [-0.15, -0.1) is 0 Å². The van der Waals surface area contributed by atoms with Crippen molar-refractivity contribution in [3.8, 4) is 5.75 Å². The molecule has 3 N–H and O–H groups in total. The number of hydrogen-bond donors (Lipinski definition) is 3. The zero-order valence-corrected chi connectivity index (χ0v) is 25.0. The summed E-state index contributed by atoms with van der Waals surface area (Å²) in [6.45, 7) is 3.28. The average molecular weight is 659 g/mol. The van der Waals surface area contributed by atoms with Gasteiger partial charge in [0.2, 0.25) is 5.90 Å². The molecule has 0 radical (unpaired) electrons. The number of ether oxygens (including phenoxy) is 2. The normalized spacial score (nSPS) is 18.4.